The summed E-state index contributed by atoms with van der Waals surface area (Å²) in [6, 6.07) is 7.45. The second-order valence-corrected chi connectivity index (χ2v) is 6.04. The van der Waals surface area contributed by atoms with Crippen molar-refractivity contribution in [3.63, 3.8) is 0 Å². The molecule has 1 aliphatic rings. The van der Waals surface area contributed by atoms with Crippen LogP contribution >= 0.6 is 0 Å². The van der Waals surface area contributed by atoms with Crippen LogP contribution in [0.25, 0.3) is 0 Å². The molecular weight excluding hydrogens is 292 g/mol. The monoisotopic (exact) mass is 320 g/mol. The van der Waals surface area contributed by atoms with Gasteiger partial charge in [-0.3, -0.25) is 4.79 Å². The fourth-order valence-corrected chi connectivity index (χ4v) is 2.97. The lowest BCUT2D eigenvalue weighted by molar-refractivity contribution is 0.0674. The zero-order chi connectivity index (χ0) is 16.5. The predicted octanol–water partition coefficient (Wildman–Crippen LogP) is 2.17. The van der Waals surface area contributed by atoms with Gasteiger partial charge in [-0.1, -0.05) is 0 Å². The van der Waals surface area contributed by atoms with Crippen LogP contribution in [0.5, 0.6) is 5.75 Å². The Bertz CT molecular complexity index is 474. The largest absolute Gasteiger partial charge is 0.494 e. The highest BCUT2D eigenvalue weighted by Gasteiger charge is 2.23. The van der Waals surface area contributed by atoms with Crippen molar-refractivity contribution in [2.75, 3.05) is 47.0 Å². The number of piperidine rings is 1. The van der Waals surface area contributed by atoms with Gasteiger partial charge in [-0.2, -0.15) is 0 Å². The van der Waals surface area contributed by atoms with Crippen LogP contribution < -0.4 is 10.1 Å². The number of carbonyl (C=O) groups is 1. The summed E-state index contributed by atoms with van der Waals surface area (Å²) in [7, 11) is 3.65. The molecular formula is C18H28N2O3. The smallest absolute Gasteiger partial charge is 0.253 e. The average Bonchev–Trinajstić information content (AvgIpc) is 2.59. The van der Waals surface area contributed by atoms with Crippen molar-refractivity contribution < 1.29 is 14.3 Å². The number of benzene rings is 1. The molecule has 1 atom stereocenters. The third-order valence-corrected chi connectivity index (χ3v) is 4.16. The standard InChI is InChI=1S/C18H28N2O3/c1-19-13-15-5-3-10-20(14-15)18(21)16-6-8-17(9-7-16)23-12-4-11-22-2/h6-9,15,19H,3-5,10-14H2,1-2H3. The molecule has 0 radical (unpaired) electrons. The van der Waals surface area contributed by atoms with Gasteiger partial charge >= 0.3 is 0 Å². The van der Waals surface area contributed by atoms with Crippen molar-refractivity contribution >= 4 is 5.91 Å². The summed E-state index contributed by atoms with van der Waals surface area (Å²) >= 11 is 0. The molecule has 0 saturated carbocycles. The van der Waals surface area contributed by atoms with Gasteiger partial charge in [0.05, 0.1) is 6.61 Å². The van der Waals surface area contributed by atoms with Gasteiger partial charge in [0.25, 0.3) is 5.91 Å². The van der Waals surface area contributed by atoms with Crippen molar-refractivity contribution in [3.8, 4) is 5.75 Å². The van der Waals surface area contributed by atoms with Crippen molar-refractivity contribution in [1.82, 2.24) is 10.2 Å². The fourth-order valence-electron chi connectivity index (χ4n) is 2.97. The molecule has 0 bridgehead atoms. The van der Waals surface area contributed by atoms with Gasteiger partial charge in [-0.15, -0.1) is 0 Å². The van der Waals surface area contributed by atoms with Crippen molar-refractivity contribution in [2.24, 2.45) is 5.92 Å². The van der Waals surface area contributed by atoms with Crippen molar-refractivity contribution in [3.05, 3.63) is 29.8 Å². The van der Waals surface area contributed by atoms with E-state index in [4.69, 9.17) is 9.47 Å². The molecule has 2 rings (SSSR count). The topological polar surface area (TPSA) is 50.8 Å². The number of hydrogen-bond acceptors (Lipinski definition) is 4. The molecule has 5 heteroatoms. The van der Waals surface area contributed by atoms with Gasteiger partial charge in [-0.05, 0) is 56.6 Å². The molecule has 1 fully saturated rings. The molecule has 1 aromatic rings. The van der Waals surface area contributed by atoms with Gasteiger partial charge in [0, 0.05) is 38.8 Å². The minimum Gasteiger partial charge on any atom is -0.494 e. The molecule has 128 valence electrons. The Labute approximate surface area is 139 Å². The summed E-state index contributed by atoms with van der Waals surface area (Å²) in [6.07, 6.45) is 3.13. The first kappa shape index (κ1) is 17.8. The number of carbonyl (C=O) groups excluding carboxylic acids is 1. The Morgan fingerprint density at radius 2 is 2.09 bits per heavy atom. The summed E-state index contributed by atoms with van der Waals surface area (Å²) in [5.41, 5.74) is 0.736. The number of nitrogens with one attached hydrogen (secondary N) is 1. The lowest BCUT2D eigenvalue weighted by Crippen LogP contribution is -2.42. The summed E-state index contributed by atoms with van der Waals surface area (Å²) in [6.45, 7) is 3.99. The van der Waals surface area contributed by atoms with Gasteiger partial charge in [-0.25, -0.2) is 0 Å². The quantitative estimate of drug-likeness (QED) is 0.746. The maximum atomic E-state index is 12.6. The van der Waals surface area contributed by atoms with E-state index in [1.165, 1.54) is 6.42 Å². The molecule has 5 nitrogen and oxygen atoms in total. The average molecular weight is 320 g/mol. The molecule has 1 heterocycles. The maximum Gasteiger partial charge on any atom is 0.253 e. The Balaban J connectivity index is 1.86. The van der Waals surface area contributed by atoms with E-state index in [0.717, 1.165) is 43.8 Å². The van der Waals surface area contributed by atoms with E-state index in [0.29, 0.717) is 19.1 Å². The molecule has 0 aliphatic carbocycles. The molecule has 0 spiro atoms. The van der Waals surface area contributed by atoms with Crippen LogP contribution in [0.4, 0.5) is 0 Å². The van der Waals surface area contributed by atoms with Gasteiger partial charge in [0.1, 0.15) is 5.75 Å². The second-order valence-electron chi connectivity index (χ2n) is 6.04. The van der Waals surface area contributed by atoms with Gasteiger partial charge in [0.15, 0.2) is 0 Å². The lowest BCUT2D eigenvalue weighted by atomic mass is 9.97. The van der Waals surface area contributed by atoms with Crippen molar-refractivity contribution in [1.29, 1.82) is 0 Å². The normalized spacial score (nSPS) is 18.0. The number of hydrogen-bond donors (Lipinski definition) is 1. The summed E-state index contributed by atoms with van der Waals surface area (Å²) in [4.78, 5) is 14.6. The van der Waals surface area contributed by atoms with Crippen LogP contribution in [-0.4, -0.2) is 57.8 Å². The number of nitrogens with zero attached hydrogens (tertiary/aromatic N) is 1. The first-order valence-electron chi connectivity index (χ1n) is 8.40. The lowest BCUT2D eigenvalue weighted by Gasteiger charge is -2.32. The van der Waals surface area contributed by atoms with Crippen LogP contribution in [0, 0.1) is 5.92 Å². The zero-order valence-electron chi connectivity index (χ0n) is 14.2. The van der Waals surface area contributed by atoms with E-state index in [1.54, 1.807) is 7.11 Å². The molecule has 1 aliphatic heterocycles. The molecule has 1 N–H and O–H groups in total. The Kier molecular flexibility index (Phi) is 7.36. The minimum atomic E-state index is 0.122. The molecule has 1 aromatic carbocycles. The molecule has 1 amide bonds. The second kappa shape index (κ2) is 9.53. The molecule has 1 saturated heterocycles. The molecule has 1 unspecified atom stereocenters. The fraction of sp³-hybridized carbons (Fsp3) is 0.611. The Morgan fingerprint density at radius 3 is 2.78 bits per heavy atom. The van der Waals surface area contributed by atoms with E-state index < -0.39 is 0 Å². The summed E-state index contributed by atoms with van der Waals surface area (Å²) < 4.78 is 10.6. The van der Waals surface area contributed by atoms with Crippen LogP contribution in [0.15, 0.2) is 24.3 Å². The molecule has 23 heavy (non-hydrogen) atoms. The van der Waals surface area contributed by atoms with Crippen LogP contribution in [0.1, 0.15) is 29.6 Å². The highest BCUT2D eigenvalue weighted by atomic mass is 16.5. The third kappa shape index (κ3) is 5.52. The first-order chi connectivity index (χ1) is 11.2. The highest BCUT2D eigenvalue weighted by Crippen LogP contribution is 2.19. The van der Waals surface area contributed by atoms with E-state index >= 15 is 0 Å². The summed E-state index contributed by atoms with van der Waals surface area (Å²) in [5, 5.41) is 3.21. The van der Waals surface area contributed by atoms with E-state index in [1.807, 2.05) is 36.2 Å². The molecule has 0 aromatic heterocycles. The van der Waals surface area contributed by atoms with Crippen LogP contribution in [-0.2, 0) is 4.74 Å². The van der Waals surface area contributed by atoms with Gasteiger partial charge in [0.2, 0.25) is 0 Å². The Hall–Kier alpha value is -1.59. The minimum absolute atomic E-state index is 0.122. The van der Waals surface area contributed by atoms with Crippen molar-refractivity contribution in [2.45, 2.75) is 19.3 Å². The summed E-state index contributed by atoms with van der Waals surface area (Å²) in [5.74, 6) is 1.47. The number of methoxy groups -OCH3 is 1. The van der Waals surface area contributed by atoms with Crippen LogP contribution in [0.3, 0.4) is 0 Å². The highest BCUT2D eigenvalue weighted by molar-refractivity contribution is 5.94. The number of rotatable bonds is 8. The zero-order valence-corrected chi connectivity index (χ0v) is 14.2. The third-order valence-electron chi connectivity index (χ3n) is 4.16. The Morgan fingerprint density at radius 1 is 1.30 bits per heavy atom. The number of amides is 1. The van der Waals surface area contributed by atoms with E-state index in [9.17, 15) is 4.79 Å². The van der Waals surface area contributed by atoms with E-state index in [2.05, 4.69) is 5.32 Å². The maximum absolute atomic E-state index is 12.6. The predicted molar refractivity (Wildman–Crippen MR) is 91.0 cm³/mol. The SMILES string of the molecule is CNCC1CCCN(C(=O)c2ccc(OCCCOC)cc2)C1. The van der Waals surface area contributed by atoms with E-state index in [-0.39, 0.29) is 5.91 Å². The first-order valence-corrected chi connectivity index (χ1v) is 8.40. The van der Waals surface area contributed by atoms with Gasteiger partial charge < -0.3 is 19.7 Å². The number of ether oxygens (including phenoxy) is 2. The number of likely N-dealkylation sites (tertiary alicyclic amines) is 1. The van der Waals surface area contributed by atoms with Crippen LogP contribution in [0.2, 0.25) is 0 Å².